The quantitative estimate of drug-likeness (QED) is 0.0584. The van der Waals surface area contributed by atoms with Gasteiger partial charge in [0.15, 0.2) is 0 Å². The van der Waals surface area contributed by atoms with Crippen LogP contribution < -0.4 is 21.7 Å². The molecular weight excluding hydrogens is 632 g/mol. The molecule has 0 fully saturated rings. The number of unbranched alkanes of at least 4 members (excludes halogenated alkanes) is 12. The van der Waals surface area contributed by atoms with Gasteiger partial charge < -0.3 is 45.7 Å². The molecule has 0 saturated carbocycles. The number of hydrogen-bond donors (Lipinski definition) is 5. The highest BCUT2D eigenvalue weighted by Gasteiger charge is 2.08. The fraction of sp³-hybridized carbons (Fsp3) is 0.833. The number of amides is 3. The molecule has 0 bridgehead atoms. The summed E-state index contributed by atoms with van der Waals surface area (Å²) < 4.78 is 21.9. The normalized spacial score (nSPS) is 11.6. The second-order valence-corrected chi connectivity index (χ2v) is 12.5. The Hall–Kier alpha value is -2.74. The first kappa shape index (κ1) is 46.3. The van der Waals surface area contributed by atoms with Gasteiger partial charge in [0.2, 0.25) is 17.7 Å². The minimum atomic E-state index is -0.696. The SMILES string of the molecule is C=C(COCCOCCNC(=O)CCCCCCCCCCCCCCC(=O)O)NCCOCCOCC(=O)NCCCC[C@H](C)C(N)=O. The summed E-state index contributed by atoms with van der Waals surface area (Å²) in [5, 5.41) is 17.4. The van der Waals surface area contributed by atoms with Gasteiger partial charge in [-0.05, 0) is 25.7 Å². The number of aliphatic carboxylic acids is 1. The molecule has 13 heteroatoms. The van der Waals surface area contributed by atoms with Crippen molar-refractivity contribution in [3.63, 3.8) is 0 Å². The molecule has 3 amide bonds. The van der Waals surface area contributed by atoms with E-state index in [-0.39, 0.29) is 30.2 Å². The molecule has 0 heterocycles. The molecule has 6 N–H and O–H groups in total. The minimum absolute atomic E-state index is 0.0169. The molecule has 1 atom stereocenters. The van der Waals surface area contributed by atoms with E-state index < -0.39 is 5.97 Å². The predicted molar refractivity (Wildman–Crippen MR) is 191 cm³/mol. The topological polar surface area (TPSA) is 188 Å². The van der Waals surface area contributed by atoms with Crippen LogP contribution in [-0.2, 0) is 38.1 Å². The monoisotopic (exact) mass is 700 g/mol. The van der Waals surface area contributed by atoms with E-state index in [0.29, 0.717) is 78.7 Å². The maximum absolute atomic E-state index is 12.0. The van der Waals surface area contributed by atoms with Crippen molar-refractivity contribution in [1.29, 1.82) is 0 Å². The van der Waals surface area contributed by atoms with Crippen molar-refractivity contribution < 1.29 is 43.2 Å². The highest BCUT2D eigenvalue weighted by atomic mass is 16.5. The molecule has 13 nitrogen and oxygen atoms in total. The van der Waals surface area contributed by atoms with Crippen LogP contribution in [0.4, 0.5) is 0 Å². The molecule has 0 aromatic heterocycles. The van der Waals surface area contributed by atoms with Gasteiger partial charge in [0.1, 0.15) is 6.61 Å². The molecule has 0 spiro atoms. The summed E-state index contributed by atoms with van der Waals surface area (Å²) in [6, 6.07) is 0. The standard InChI is InChI=1S/C36H68N4O9/c1-31(36(37)45)17-15-16-20-39-34(42)30-49-28-26-46-23-21-38-32(2)29-48-27-25-47-24-22-40-33(41)18-13-11-9-7-5-3-4-6-8-10-12-14-19-35(43)44/h31,38H,2-30H2,1H3,(H2,37,45)(H,39,42)(H,40,41)(H,43,44)/t31-/m0/s1. The van der Waals surface area contributed by atoms with Gasteiger partial charge in [-0.1, -0.05) is 84.1 Å². The average molecular weight is 701 g/mol. The summed E-state index contributed by atoms with van der Waals surface area (Å²) >= 11 is 0. The number of rotatable bonds is 38. The smallest absolute Gasteiger partial charge is 0.303 e. The number of carboxylic acids is 1. The number of hydrogen-bond acceptors (Lipinski definition) is 9. The van der Waals surface area contributed by atoms with E-state index in [2.05, 4.69) is 22.5 Å². The first-order valence-corrected chi connectivity index (χ1v) is 18.5. The fourth-order valence-electron chi connectivity index (χ4n) is 4.83. The lowest BCUT2D eigenvalue weighted by Gasteiger charge is -2.11. The van der Waals surface area contributed by atoms with Crippen LogP contribution in [0.1, 0.15) is 116 Å². The molecule has 0 radical (unpaired) electrons. The molecule has 0 aliphatic carbocycles. The molecule has 286 valence electrons. The summed E-state index contributed by atoms with van der Waals surface area (Å²) in [5.74, 6) is -1.24. The number of carbonyl (C=O) groups excluding carboxylic acids is 3. The second kappa shape index (κ2) is 35.1. The van der Waals surface area contributed by atoms with E-state index in [0.717, 1.165) is 57.1 Å². The molecular formula is C36H68N4O9. The molecule has 0 aromatic carbocycles. The fourth-order valence-corrected chi connectivity index (χ4v) is 4.83. The van der Waals surface area contributed by atoms with Gasteiger partial charge in [0, 0.05) is 44.1 Å². The van der Waals surface area contributed by atoms with Gasteiger partial charge >= 0.3 is 5.97 Å². The van der Waals surface area contributed by atoms with Crippen LogP contribution in [0.5, 0.6) is 0 Å². The summed E-state index contributed by atoms with van der Waals surface area (Å²) in [7, 11) is 0. The first-order valence-electron chi connectivity index (χ1n) is 18.5. The first-order chi connectivity index (χ1) is 23.7. The Bertz CT molecular complexity index is 860. The van der Waals surface area contributed by atoms with E-state index in [9.17, 15) is 19.2 Å². The number of ether oxygens (including phenoxy) is 4. The Kier molecular flexibility index (Phi) is 33.1. The Balaban J connectivity index is 3.34. The van der Waals surface area contributed by atoms with Gasteiger partial charge in [0.25, 0.3) is 0 Å². The zero-order valence-electron chi connectivity index (χ0n) is 30.4. The van der Waals surface area contributed by atoms with Crippen LogP contribution in [0.25, 0.3) is 0 Å². The van der Waals surface area contributed by atoms with Crippen molar-refractivity contribution in [2.24, 2.45) is 11.7 Å². The number of primary amides is 1. The molecule has 0 aliphatic heterocycles. The maximum atomic E-state index is 12.0. The van der Waals surface area contributed by atoms with Crippen molar-refractivity contribution in [3.05, 3.63) is 12.3 Å². The van der Waals surface area contributed by atoms with Crippen LogP contribution >= 0.6 is 0 Å². The third-order valence-electron chi connectivity index (χ3n) is 7.86. The van der Waals surface area contributed by atoms with Crippen LogP contribution in [0.2, 0.25) is 0 Å². The Morgan fingerprint density at radius 1 is 0.571 bits per heavy atom. The minimum Gasteiger partial charge on any atom is -0.481 e. The molecule has 0 aromatic rings. The summed E-state index contributed by atoms with van der Waals surface area (Å²) in [4.78, 5) is 45.2. The molecule has 0 aliphatic rings. The highest BCUT2D eigenvalue weighted by Crippen LogP contribution is 2.13. The Labute approximate surface area is 295 Å². The van der Waals surface area contributed by atoms with Gasteiger partial charge in [-0.25, -0.2) is 0 Å². The largest absolute Gasteiger partial charge is 0.481 e. The van der Waals surface area contributed by atoms with E-state index in [1.165, 1.54) is 44.9 Å². The molecule has 0 unspecified atom stereocenters. The van der Waals surface area contributed by atoms with E-state index in [1.54, 1.807) is 6.92 Å². The van der Waals surface area contributed by atoms with Crippen molar-refractivity contribution >= 4 is 23.7 Å². The lowest BCUT2D eigenvalue weighted by molar-refractivity contribution is -0.137. The summed E-state index contributed by atoms with van der Waals surface area (Å²) in [6.07, 6.45) is 16.7. The number of carboxylic acid groups (broad SMARTS) is 1. The van der Waals surface area contributed by atoms with Crippen LogP contribution in [0, 0.1) is 5.92 Å². The lowest BCUT2D eigenvalue weighted by atomic mass is 10.0. The van der Waals surface area contributed by atoms with Crippen molar-refractivity contribution in [2.75, 3.05) is 72.5 Å². The third-order valence-corrected chi connectivity index (χ3v) is 7.86. The molecule has 49 heavy (non-hydrogen) atoms. The molecule has 0 rings (SSSR count). The summed E-state index contributed by atoms with van der Waals surface area (Å²) in [6.45, 7) is 10.2. The second-order valence-electron chi connectivity index (χ2n) is 12.5. The lowest BCUT2D eigenvalue weighted by Crippen LogP contribution is -2.29. The van der Waals surface area contributed by atoms with Crippen molar-refractivity contribution in [1.82, 2.24) is 16.0 Å². The Morgan fingerprint density at radius 3 is 1.59 bits per heavy atom. The number of nitrogens with two attached hydrogens (primary N) is 1. The third kappa shape index (κ3) is 36.4. The number of carbonyl (C=O) groups is 4. The molecule has 0 saturated heterocycles. The van der Waals surface area contributed by atoms with E-state index >= 15 is 0 Å². The Morgan fingerprint density at radius 2 is 1.04 bits per heavy atom. The zero-order valence-corrected chi connectivity index (χ0v) is 30.4. The maximum Gasteiger partial charge on any atom is 0.303 e. The predicted octanol–water partition coefficient (Wildman–Crippen LogP) is 4.23. The van der Waals surface area contributed by atoms with Gasteiger partial charge in [-0.2, -0.15) is 0 Å². The van der Waals surface area contributed by atoms with Crippen molar-refractivity contribution in [3.8, 4) is 0 Å². The van der Waals surface area contributed by atoms with Crippen LogP contribution in [0.3, 0.4) is 0 Å². The summed E-state index contributed by atoms with van der Waals surface area (Å²) in [5.41, 5.74) is 5.97. The van der Waals surface area contributed by atoms with E-state index in [4.69, 9.17) is 29.8 Å². The van der Waals surface area contributed by atoms with Gasteiger partial charge in [0.05, 0.1) is 46.2 Å². The van der Waals surface area contributed by atoms with Crippen LogP contribution in [0.15, 0.2) is 12.3 Å². The average Bonchev–Trinajstić information content (AvgIpc) is 3.06. The van der Waals surface area contributed by atoms with Gasteiger partial charge in [-0.15, -0.1) is 0 Å². The van der Waals surface area contributed by atoms with Crippen LogP contribution in [-0.4, -0.2) is 101 Å². The van der Waals surface area contributed by atoms with E-state index in [1.807, 2.05) is 0 Å². The zero-order chi connectivity index (χ0) is 36.2. The van der Waals surface area contributed by atoms with Gasteiger partial charge in [-0.3, -0.25) is 19.2 Å². The van der Waals surface area contributed by atoms with Crippen molar-refractivity contribution in [2.45, 2.75) is 116 Å². The number of nitrogens with one attached hydrogen (secondary N) is 3. The highest BCUT2D eigenvalue weighted by molar-refractivity contribution is 5.77.